The Balaban J connectivity index is 2.78. The highest BCUT2D eigenvalue weighted by molar-refractivity contribution is 7.99. The van der Waals surface area contributed by atoms with Crippen molar-refractivity contribution in [3.8, 4) is 0 Å². The van der Waals surface area contributed by atoms with Gasteiger partial charge in [0.15, 0.2) is 0 Å². The zero-order valence-electron chi connectivity index (χ0n) is 6.60. The van der Waals surface area contributed by atoms with Gasteiger partial charge in [-0.2, -0.15) is 0 Å². The first-order valence-corrected chi connectivity index (χ1v) is 4.40. The Labute approximate surface area is 70.8 Å². The van der Waals surface area contributed by atoms with Crippen LogP contribution < -0.4 is 0 Å². The zero-order valence-corrected chi connectivity index (χ0v) is 7.41. The number of hydrogen-bond donors (Lipinski definition) is 0. The molecule has 1 aromatic carbocycles. The molecule has 0 atom stereocenters. The SMILES string of the molecule is CC(C)Sc1cc[c]cc1F. The van der Waals surface area contributed by atoms with Crippen molar-refractivity contribution in [2.24, 2.45) is 0 Å². The van der Waals surface area contributed by atoms with Crippen LogP contribution in [0.4, 0.5) is 4.39 Å². The Morgan fingerprint density at radius 2 is 2.27 bits per heavy atom. The predicted octanol–water partition coefficient (Wildman–Crippen LogP) is 3.13. The molecule has 0 amide bonds. The maximum Gasteiger partial charge on any atom is 0.137 e. The maximum absolute atomic E-state index is 12.9. The van der Waals surface area contributed by atoms with Gasteiger partial charge in [0.25, 0.3) is 0 Å². The molecule has 59 valence electrons. The van der Waals surface area contributed by atoms with Crippen LogP contribution in [0.2, 0.25) is 0 Å². The van der Waals surface area contributed by atoms with Crippen molar-refractivity contribution < 1.29 is 4.39 Å². The molecule has 0 aromatic heterocycles. The zero-order chi connectivity index (χ0) is 8.27. The minimum atomic E-state index is -0.175. The molecule has 0 heterocycles. The fourth-order valence-electron chi connectivity index (χ4n) is 0.745. The van der Waals surface area contributed by atoms with Crippen LogP contribution in [0.5, 0.6) is 0 Å². The fraction of sp³-hybridized carbons (Fsp3) is 0.333. The summed E-state index contributed by atoms with van der Waals surface area (Å²) >= 11 is 1.53. The average molecular weight is 169 g/mol. The van der Waals surface area contributed by atoms with Gasteiger partial charge >= 0.3 is 0 Å². The lowest BCUT2D eigenvalue weighted by atomic mass is 10.3. The van der Waals surface area contributed by atoms with Crippen LogP contribution in [0, 0.1) is 11.9 Å². The van der Waals surface area contributed by atoms with Crippen molar-refractivity contribution in [1.29, 1.82) is 0 Å². The van der Waals surface area contributed by atoms with Crippen molar-refractivity contribution in [1.82, 2.24) is 0 Å². The first-order chi connectivity index (χ1) is 5.20. The second kappa shape index (κ2) is 3.77. The summed E-state index contributed by atoms with van der Waals surface area (Å²) in [6.07, 6.45) is 0. The van der Waals surface area contributed by atoms with Gasteiger partial charge in [0.1, 0.15) is 5.82 Å². The molecule has 0 unspecified atom stereocenters. The molecule has 1 rings (SSSR count). The standard InChI is InChI=1S/C9H10FS/c1-7(2)11-9-6-4-3-5-8(9)10/h4-7H,1-2H3. The highest BCUT2D eigenvalue weighted by atomic mass is 32.2. The lowest BCUT2D eigenvalue weighted by Crippen LogP contribution is -1.88. The Hall–Kier alpha value is -0.500. The Morgan fingerprint density at radius 3 is 2.82 bits per heavy atom. The molecule has 1 radical (unpaired) electrons. The molecule has 0 saturated heterocycles. The van der Waals surface area contributed by atoms with Gasteiger partial charge in [-0.05, 0) is 18.2 Å². The second-order valence-corrected chi connectivity index (χ2v) is 4.14. The summed E-state index contributed by atoms with van der Waals surface area (Å²) in [5.41, 5.74) is 0. The van der Waals surface area contributed by atoms with Crippen molar-refractivity contribution in [3.05, 3.63) is 30.1 Å². The maximum atomic E-state index is 12.9. The molecule has 1 aromatic rings. The molecular weight excluding hydrogens is 159 g/mol. The fourth-order valence-corrected chi connectivity index (χ4v) is 1.57. The monoisotopic (exact) mass is 169 g/mol. The second-order valence-electron chi connectivity index (χ2n) is 2.52. The quantitative estimate of drug-likeness (QED) is 0.613. The summed E-state index contributed by atoms with van der Waals surface area (Å²) in [4.78, 5) is 0.707. The van der Waals surface area contributed by atoms with Gasteiger partial charge in [-0.1, -0.05) is 19.9 Å². The smallest absolute Gasteiger partial charge is 0.137 e. The molecule has 0 bridgehead atoms. The summed E-state index contributed by atoms with van der Waals surface area (Å²) in [5.74, 6) is -0.175. The number of hydrogen-bond acceptors (Lipinski definition) is 1. The van der Waals surface area contributed by atoms with Gasteiger partial charge in [-0.25, -0.2) is 4.39 Å². The van der Waals surface area contributed by atoms with E-state index < -0.39 is 0 Å². The molecular formula is C9H10FS. The lowest BCUT2D eigenvalue weighted by molar-refractivity contribution is 0.601. The Morgan fingerprint density at radius 1 is 1.55 bits per heavy atom. The topological polar surface area (TPSA) is 0 Å². The third kappa shape index (κ3) is 2.54. The number of rotatable bonds is 2. The molecule has 0 N–H and O–H groups in total. The highest BCUT2D eigenvalue weighted by Gasteiger charge is 2.02. The normalized spacial score (nSPS) is 10.5. The molecule has 0 aliphatic heterocycles. The lowest BCUT2D eigenvalue weighted by Gasteiger charge is -2.04. The van der Waals surface area contributed by atoms with Crippen LogP contribution in [0.15, 0.2) is 23.1 Å². The number of halogens is 1. The van der Waals surface area contributed by atoms with E-state index in [9.17, 15) is 4.39 Å². The molecule has 0 aliphatic rings. The molecule has 2 heteroatoms. The predicted molar refractivity (Wildman–Crippen MR) is 46.2 cm³/mol. The van der Waals surface area contributed by atoms with Gasteiger partial charge in [0.05, 0.1) is 0 Å². The third-order valence-corrected chi connectivity index (χ3v) is 2.20. The first kappa shape index (κ1) is 8.60. The van der Waals surface area contributed by atoms with Crippen molar-refractivity contribution in [2.45, 2.75) is 24.0 Å². The summed E-state index contributed by atoms with van der Waals surface area (Å²) in [6.45, 7) is 4.08. The van der Waals surface area contributed by atoms with E-state index in [-0.39, 0.29) is 5.82 Å². The summed E-state index contributed by atoms with van der Waals surface area (Å²) in [7, 11) is 0. The van der Waals surface area contributed by atoms with Crippen molar-refractivity contribution >= 4 is 11.8 Å². The van der Waals surface area contributed by atoms with E-state index in [4.69, 9.17) is 0 Å². The van der Waals surface area contributed by atoms with E-state index in [1.165, 1.54) is 17.8 Å². The van der Waals surface area contributed by atoms with Gasteiger partial charge in [-0.3, -0.25) is 0 Å². The molecule has 0 fully saturated rings. The van der Waals surface area contributed by atoms with Gasteiger partial charge in [0.2, 0.25) is 0 Å². The summed E-state index contributed by atoms with van der Waals surface area (Å²) < 4.78 is 12.9. The van der Waals surface area contributed by atoms with E-state index in [2.05, 4.69) is 6.07 Å². The van der Waals surface area contributed by atoms with Crippen LogP contribution in [0.1, 0.15) is 13.8 Å². The molecule has 0 spiro atoms. The Bertz CT molecular complexity index is 233. The molecule has 0 nitrogen and oxygen atoms in total. The van der Waals surface area contributed by atoms with Crippen molar-refractivity contribution in [3.63, 3.8) is 0 Å². The summed E-state index contributed by atoms with van der Waals surface area (Å²) in [6, 6.07) is 7.53. The minimum absolute atomic E-state index is 0.175. The van der Waals surface area contributed by atoms with Crippen molar-refractivity contribution in [2.75, 3.05) is 0 Å². The molecule has 0 aliphatic carbocycles. The largest absolute Gasteiger partial charge is 0.206 e. The third-order valence-electron chi connectivity index (χ3n) is 1.14. The number of thioether (sulfide) groups is 1. The van der Waals surface area contributed by atoms with Crippen LogP contribution >= 0.6 is 11.8 Å². The summed E-state index contributed by atoms with van der Waals surface area (Å²) in [5, 5.41) is 0.423. The highest BCUT2D eigenvalue weighted by Crippen LogP contribution is 2.24. The van der Waals surface area contributed by atoms with Gasteiger partial charge in [-0.15, -0.1) is 11.8 Å². The van der Waals surface area contributed by atoms with Crippen LogP contribution in [0.25, 0.3) is 0 Å². The van der Waals surface area contributed by atoms with Gasteiger partial charge < -0.3 is 0 Å². The van der Waals surface area contributed by atoms with Gasteiger partial charge in [0, 0.05) is 10.1 Å². The van der Waals surface area contributed by atoms with E-state index in [0.717, 1.165) is 0 Å². The van der Waals surface area contributed by atoms with E-state index >= 15 is 0 Å². The minimum Gasteiger partial charge on any atom is -0.206 e. The van der Waals surface area contributed by atoms with Crippen LogP contribution in [-0.4, -0.2) is 5.25 Å². The number of benzene rings is 1. The molecule has 0 saturated carbocycles. The average Bonchev–Trinajstić information content (AvgIpc) is 1.93. The van der Waals surface area contributed by atoms with E-state index in [1.54, 1.807) is 12.1 Å². The van der Waals surface area contributed by atoms with Crippen LogP contribution in [-0.2, 0) is 0 Å². The molecule has 11 heavy (non-hydrogen) atoms. The first-order valence-electron chi connectivity index (χ1n) is 3.52. The van der Waals surface area contributed by atoms with E-state index in [0.29, 0.717) is 10.1 Å². The Kier molecular flexibility index (Phi) is 2.94. The van der Waals surface area contributed by atoms with Crippen LogP contribution in [0.3, 0.4) is 0 Å². The van der Waals surface area contributed by atoms with E-state index in [1.807, 2.05) is 13.8 Å².